The molecule has 208 valence electrons. The van der Waals surface area contributed by atoms with E-state index in [2.05, 4.69) is 104 Å². The van der Waals surface area contributed by atoms with Crippen LogP contribution < -0.4 is 0 Å². The van der Waals surface area contributed by atoms with E-state index in [0.717, 1.165) is 53.0 Å². The average Bonchev–Trinajstić information content (AvgIpc) is 3.69. The standard InChI is InChI=1S/C32H30N4S5/c1-18(24-8-6-9-26(34)30(24)36-38)13-22-14-19(2)31(39-22)28-11-12-29(41-28)32-20(3)15-23(40-32)16-21(17-33)25-7-4-5-10-27(25)35-37/h7-8,11-16,34,37-38H,4-6,9-10H2,1-3H3/b18-13+,21-16+,34-26?,35-27?,36-30?. The first-order valence-corrected chi connectivity index (χ1v) is 16.6. The Morgan fingerprint density at radius 1 is 0.902 bits per heavy atom. The Morgan fingerprint density at radius 3 is 2.15 bits per heavy atom. The van der Waals surface area contributed by atoms with Crippen LogP contribution in [0.1, 0.15) is 59.9 Å². The van der Waals surface area contributed by atoms with Gasteiger partial charge < -0.3 is 5.41 Å². The summed E-state index contributed by atoms with van der Waals surface area (Å²) in [5.74, 6) is 0. The maximum atomic E-state index is 9.91. The molecule has 41 heavy (non-hydrogen) atoms. The van der Waals surface area contributed by atoms with Gasteiger partial charge in [-0.1, -0.05) is 12.2 Å². The summed E-state index contributed by atoms with van der Waals surface area (Å²) in [5, 5.41) is 18.1. The van der Waals surface area contributed by atoms with Crippen LogP contribution in [0.4, 0.5) is 0 Å². The van der Waals surface area contributed by atoms with Crippen molar-refractivity contribution in [2.45, 2.75) is 52.9 Å². The monoisotopic (exact) mass is 630 g/mol. The van der Waals surface area contributed by atoms with Crippen molar-refractivity contribution in [1.29, 1.82) is 10.7 Å². The van der Waals surface area contributed by atoms with Crippen molar-refractivity contribution in [2.24, 2.45) is 8.80 Å². The topological polar surface area (TPSA) is 72.4 Å². The zero-order valence-electron chi connectivity index (χ0n) is 23.1. The summed E-state index contributed by atoms with van der Waals surface area (Å²) in [6.45, 7) is 6.39. The van der Waals surface area contributed by atoms with E-state index in [-0.39, 0.29) is 0 Å². The summed E-state index contributed by atoms with van der Waals surface area (Å²) >= 11 is 13.6. The number of rotatable bonds is 6. The minimum atomic E-state index is 0.549. The highest BCUT2D eigenvalue weighted by molar-refractivity contribution is 7.79. The van der Waals surface area contributed by atoms with Crippen LogP contribution in [0, 0.1) is 30.6 Å². The van der Waals surface area contributed by atoms with Gasteiger partial charge in [0.05, 0.1) is 28.8 Å². The largest absolute Gasteiger partial charge is 0.303 e. The van der Waals surface area contributed by atoms with Gasteiger partial charge in [-0.3, -0.25) is 0 Å². The summed E-state index contributed by atoms with van der Waals surface area (Å²) in [6.07, 6.45) is 12.9. The Bertz CT molecular complexity index is 1740. The first-order chi connectivity index (χ1) is 19.8. The van der Waals surface area contributed by atoms with Gasteiger partial charge >= 0.3 is 0 Å². The fraction of sp³-hybridized carbons (Fsp3) is 0.250. The molecule has 3 aromatic rings. The average molecular weight is 631 g/mol. The van der Waals surface area contributed by atoms with Crippen molar-refractivity contribution >= 4 is 88.9 Å². The summed E-state index contributed by atoms with van der Waals surface area (Å²) in [6, 6.07) is 11.2. The van der Waals surface area contributed by atoms with Crippen molar-refractivity contribution in [3.63, 3.8) is 0 Å². The highest BCUT2D eigenvalue weighted by atomic mass is 32.1. The Balaban J connectivity index is 1.41. The molecule has 0 aromatic carbocycles. The van der Waals surface area contributed by atoms with Gasteiger partial charge in [-0.15, -0.1) is 34.0 Å². The number of nitrogens with one attached hydrogen (secondary N) is 1. The van der Waals surface area contributed by atoms with Gasteiger partial charge in [0.2, 0.25) is 0 Å². The molecule has 3 heterocycles. The Hall–Kier alpha value is -2.74. The lowest BCUT2D eigenvalue weighted by atomic mass is 9.90. The van der Waals surface area contributed by atoms with Crippen LogP contribution >= 0.6 is 59.6 Å². The minimum Gasteiger partial charge on any atom is -0.303 e. The number of nitriles is 1. The van der Waals surface area contributed by atoms with E-state index in [1.807, 2.05) is 17.4 Å². The number of allylic oxidation sites excluding steroid dienone is 6. The molecule has 2 aliphatic carbocycles. The van der Waals surface area contributed by atoms with Gasteiger partial charge in [-0.2, -0.15) is 5.26 Å². The molecular formula is C32H30N4S5. The molecule has 0 amide bonds. The first kappa shape index (κ1) is 29.7. The smallest absolute Gasteiger partial charge is 0.0999 e. The number of hydrogen-bond donors (Lipinski definition) is 3. The molecular weight excluding hydrogens is 601 g/mol. The van der Waals surface area contributed by atoms with Crippen LogP contribution in [0.2, 0.25) is 0 Å². The molecule has 0 spiro atoms. The van der Waals surface area contributed by atoms with Crippen molar-refractivity contribution in [1.82, 2.24) is 0 Å². The SMILES string of the molecule is C/C(=C\c1cc(C)c(-c2ccc(-c3sc(/C=C(\C#N)C4=CCCCC4=NS)cc3C)s2)s1)C1=CCCC(=N)C1=NS. The van der Waals surface area contributed by atoms with Crippen LogP contribution in [-0.2, 0) is 0 Å². The molecule has 0 fully saturated rings. The molecule has 0 saturated carbocycles. The molecule has 0 radical (unpaired) electrons. The summed E-state index contributed by atoms with van der Waals surface area (Å²) in [4.78, 5) is 7.25. The first-order valence-electron chi connectivity index (χ1n) is 13.4. The number of thiol groups is 2. The van der Waals surface area contributed by atoms with E-state index in [1.54, 1.807) is 22.7 Å². The predicted octanol–water partition coefficient (Wildman–Crippen LogP) is 10.6. The fourth-order valence-corrected chi connectivity index (χ4v) is 9.25. The third-order valence-electron chi connectivity index (χ3n) is 7.19. The van der Waals surface area contributed by atoms with E-state index < -0.39 is 0 Å². The molecule has 0 unspecified atom stereocenters. The van der Waals surface area contributed by atoms with Gasteiger partial charge in [0.15, 0.2) is 0 Å². The van der Waals surface area contributed by atoms with E-state index in [0.29, 0.717) is 23.4 Å². The Kier molecular flexibility index (Phi) is 9.47. The molecule has 0 atom stereocenters. The highest BCUT2D eigenvalue weighted by Crippen LogP contribution is 2.44. The second-order valence-electron chi connectivity index (χ2n) is 10.1. The second-order valence-corrected chi connectivity index (χ2v) is 13.8. The number of aryl methyl sites for hydroxylation is 2. The van der Waals surface area contributed by atoms with E-state index in [9.17, 15) is 5.26 Å². The van der Waals surface area contributed by atoms with E-state index in [1.165, 1.54) is 35.5 Å². The summed E-state index contributed by atoms with van der Waals surface area (Å²) in [7, 11) is 0. The molecule has 0 bridgehead atoms. The fourth-order valence-electron chi connectivity index (χ4n) is 5.17. The van der Waals surface area contributed by atoms with Crippen LogP contribution in [0.15, 0.2) is 67.5 Å². The van der Waals surface area contributed by atoms with Crippen molar-refractivity contribution in [3.8, 4) is 25.6 Å². The van der Waals surface area contributed by atoms with E-state index >= 15 is 0 Å². The molecule has 9 heteroatoms. The molecule has 0 aliphatic heterocycles. The second kappa shape index (κ2) is 13.1. The normalized spacial score (nSPS) is 18.6. The lowest BCUT2D eigenvalue weighted by Crippen LogP contribution is -2.19. The van der Waals surface area contributed by atoms with Crippen molar-refractivity contribution in [3.05, 3.63) is 79.6 Å². The van der Waals surface area contributed by atoms with Gasteiger partial charge in [0.25, 0.3) is 0 Å². The molecule has 5 rings (SSSR count). The van der Waals surface area contributed by atoms with Crippen LogP contribution in [0.25, 0.3) is 31.7 Å². The molecule has 0 saturated heterocycles. The maximum absolute atomic E-state index is 9.91. The van der Waals surface area contributed by atoms with Gasteiger partial charge in [0, 0.05) is 40.4 Å². The Morgan fingerprint density at radius 2 is 1.54 bits per heavy atom. The van der Waals surface area contributed by atoms with Crippen LogP contribution in [0.5, 0.6) is 0 Å². The molecule has 3 aromatic heterocycles. The molecule has 1 N–H and O–H groups in total. The number of nitrogens with zero attached hydrogens (tertiary/aromatic N) is 3. The van der Waals surface area contributed by atoms with Gasteiger partial charge in [-0.25, -0.2) is 8.80 Å². The molecule has 2 aliphatic rings. The van der Waals surface area contributed by atoms with Gasteiger partial charge in [-0.05, 0) is 132 Å². The van der Waals surface area contributed by atoms with Gasteiger partial charge in [0.1, 0.15) is 0 Å². The summed E-state index contributed by atoms with van der Waals surface area (Å²) < 4.78 is 8.22. The lowest BCUT2D eigenvalue weighted by molar-refractivity contribution is 0.872. The predicted molar refractivity (Wildman–Crippen MR) is 187 cm³/mol. The third kappa shape index (κ3) is 6.37. The van der Waals surface area contributed by atoms with Crippen molar-refractivity contribution < 1.29 is 0 Å². The van der Waals surface area contributed by atoms with Crippen LogP contribution in [0.3, 0.4) is 0 Å². The third-order valence-corrected chi connectivity index (χ3v) is 11.4. The lowest BCUT2D eigenvalue weighted by Gasteiger charge is -2.16. The highest BCUT2D eigenvalue weighted by Gasteiger charge is 2.20. The zero-order chi connectivity index (χ0) is 29.1. The zero-order valence-corrected chi connectivity index (χ0v) is 27.4. The quantitative estimate of drug-likeness (QED) is 0.184. The maximum Gasteiger partial charge on any atom is 0.0999 e. The minimum absolute atomic E-state index is 0.549. The van der Waals surface area contributed by atoms with Crippen LogP contribution in [-0.4, -0.2) is 17.1 Å². The molecule has 4 nitrogen and oxygen atoms in total. The van der Waals surface area contributed by atoms with E-state index in [4.69, 9.17) is 5.41 Å². The number of hydrogen-bond acceptors (Lipinski definition) is 9. The number of thiophene rings is 3. The van der Waals surface area contributed by atoms with Crippen molar-refractivity contribution in [2.75, 3.05) is 0 Å². The summed E-state index contributed by atoms with van der Waals surface area (Å²) in [5.41, 5.74) is 8.26. The Labute approximate surface area is 264 Å².